The van der Waals surface area contributed by atoms with E-state index in [1.807, 2.05) is 4.90 Å². The summed E-state index contributed by atoms with van der Waals surface area (Å²) in [6.07, 6.45) is 0.614. The standard InChI is InChI=1S/C11H20ClNO/c1-8-6-13(7-9(8)12)10(14)5-11(2,3)4/h8-9H,5-7H2,1-4H3. The number of carbonyl (C=O) groups is 1. The van der Waals surface area contributed by atoms with Gasteiger partial charge in [0, 0.05) is 19.5 Å². The van der Waals surface area contributed by atoms with E-state index in [1.54, 1.807) is 0 Å². The second-order valence-corrected chi connectivity index (χ2v) is 6.09. The molecule has 0 aromatic carbocycles. The normalized spacial score (nSPS) is 28.2. The van der Waals surface area contributed by atoms with Crippen molar-refractivity contribution in [1.29, 1.82) is 0 Å². The van der Waals surface area contributed by atoms with Crippen molar-refractivity contribution in [2.24, 2.45) is 11.3 Å². The fourth-order valence-corrected chi connectivity index (χ4v) is 1.94. The highest BCUT2D eigenvalue weighted by Crippen LogP contribution is 2.25. The average Bonchev–Trinajstić information content (AvgIpc) is 2.28. The lowest BCUT2D eigenvalue weighted by atomic mass is 9.92. The zero-order chi connectivity index (χ0) is 10.9. The molecule has 14 heavy (non-hydrogen) atoms. The lowest BCUT2D eigenvalue weighted by Crippen LogP contribution is -2.32. The van der Waals surface area contributed by atoms with Crippen LogP contribution in [0.5, 0.6) is 0 Å². The Morgan fingerprint density at radius 2 is 2.00 bits per heavy atom. The molecule has 3 heteroatoms. The fraction of sp³-hybridized carbons (Fsp3) is 0.909. The first-order valence-corrected chi connectivity index (χ1v) is 5.65. The van der Waals surface area contributed by atoms with E-state index in [9.17, 15) is 4.79 Å². The summed E-state index contributed by atoms with van der Waals surface area (Å²) in [5.74, 6) is 0.674. The van der Waals surface area contributed by atoms with Gasteiger partial charge in [0.2, 0.25) is 5.91 Å². The van der Waals surface area contributed by atoms with Crippen LogP contribution in [-0.4, -0.2) is 29.3 Å². The molecule has 1 fully saturated rings. The molecule has 1 saturated heterocycles. The zero-order valence-electron chi connectivity index (χ0n) is 9.51. The lowest BCUT2D eigenvalue weighted by Gasteiger charge is -2.22. The van der Waals surface area contributed by atoms with Crippen LogP contribution >= 0.6 is 11.6 Å². The topological polar surface area (TPSA) is 20.3 Å². The first-order chi connectivity index (χ1) is 6.29. The highest BCUT2D eigenvalue weighted by Gasteiger charge is 2.32. The first-order valence-electron chi connectivity index (χ1n) is 5.21. The van der Waals surface area contributed by atoms with Crippen molar-refractivity contribution in [1.82, 2.24) is 4.90 Å². The number of halogens is 1. The van der Waals surface area contributed by atoms with E-state index >= 15 is 0 Å². The number of rotatable bonds is 1. The molecular weight excluding hydrogens is 198 g/mol. The number of likely N-dealkylation sites (tertiary alicyclic amines) is 1. The Labute approximate surface area is 91.6 Å². The summed E-state index contributed by atoms with van der Waals surface area (Å²) in [5, 5.41) is 0.138. The zero-order valence-corrected chi connectivity index (χ0v) is 10.3. The number of carbonyl (C=O) groups excluding carboxylic acids is 1. The minimum absolute atomic E-state index is 0.0741. The molecule has 0 spiro atoms. The van der Waals surface area contributed by atoms with E-state index < -0.39 is 0 Å². The van der Waals surface area contributed by atoms with Gasteiger partial charge < -0.3 is 4.90 Å². The van der Waals surface area contributed by atoms with Crippen molar-refractivity contribution in [3.63, 3.8) is 0 Å². The molecule has 0 radical (unpaired) electrons. The Kier molecular flexibility index (Phi) is 3.46. The molecule has 1 aliphatic rings. The summed E-state index contributed by atoms with van der Waals surface area (Å²) in [4.78, 5) is 13.7. The molecular formula is C11H20ClNO. The van der Waals surface area contributed by atoms with Crippen LogP contribution in [0.2, 0.25) is 0 Å². The Morgan fingerprint density at radius 3 is 2.36 bits per heavy atom. The van der Waals surface area contributed by atoms with E-state index in [4.69, 9.17) is 11.6 Å². The van der Waals surface area contributed by atoms with Gasteiger partial charge in [-0.25, -0.2) is 0 Å². The van der Waals surface area contributed by atoms with Gasteiger partial charge in [0.05, 0.1) is 5.38 Å². The maximum atomic E-state index is 11.8. The van der Waals surface area contributed by atoms with Crippen LogP contribution in [0.1, 0.15) is 34.1 Å². The third-order valence-electron chi connectivity index (χ3n) is 2.55. The van der Waals surface area contributed by atoms with Gasteiger partial charge in [-0.15, -0.1) is 11.6 Å². The van der Waals surface area contributed by atoms with E-state index in [2.05, 4.69) is 27.7 Å². The SMILES string of the molecule is CC1CN(C(=O)CC(C)(C)C)CC1Cl. The number of nitrogens with zero attached hydrogens (tertiary/aromatic N) is 1. The maximum absolute atomic E-state index is 11.8. The van der Waals surface area contributed by atoms with Crippen molar-refractivity contribution in [2.45, 2.75) is 39.5 Å². The lowest BCUT2D eigenvalue weighted by molar-refractivity contribution is -0.132. The molecule has 0 saturated carbocycles. The van der Waals surface area contributed by atoms with Gasteiger partial charge in [-0.2, -0.15) is 0 Å². The number of alkyl halides is 1. The summed E-state index contributed by atoms with van der Waals surface area (Å²) in [5.41, 5.74) is 0.0741. The second kappa shape index (κ2) is 4.09. The Balaban J connectivity index is 2.48. The Hall–Kier alpha value is -0.240. The Bertz CT molecular complexity index is 212. The summed E-state index contributed by atoms with van der Waals surface area (Å²) in [6, 6.07) is 0. The van der Waals surface area contributed by atoms with Crippen molar-refractivity contribution in [3.05, 3.63) is 0 Å². The summed E-state index contributed by atoms with van der Waals surface area (Å²) < 4.78 is 0. The van der Waals surface area contributed by atoms with E-state index in [-0.39, 0.29) is 16.7 Å². The summed E-state index contributed by atoms with van der Waals surface area (Å²) >= 11 is 6.08. The van der Waals surface area contributed by atoms with Gasteiger partial charge in [-0.05, 0) is 11.3 Å². The highest BCUT2D eigenvalue weighted by atomic mass is 35.5. The quantitative estimate of drug-likeness (QED) is 0.618. The molecule has 1 aliphatic heterocycles. The van der Waals surface area contributed by atoms with Gasteiger partial charge in [-0.1, -0.05) is 27.7 Å². The third-order valence-corrected chi connectivity index (χ3v) is 3.12. The van der Waals surface area contributed by atoms with Crippen molar-refractivity contribution < 1.29 is 4.79 Å². The molecule has 1 rings (SSSR count). The smallest absolute Gasteiger partial charge is 0.223 e. The molecule has 0 aromatic heterocycles. The monoisotopic (exact) mass is 217 g/mol. The minimum Gasteiger partial charge on any atom is -0.341 e. The second-order valence-electron chi connectivity index (χ2n) is 5.53. The summed E-state index contributed by atoms with van der Waals surface area (Å²) in [7, 11) is 0. The maximum Gasteiger partial charge on any atom is 0.223 e. The Morgan fingerprint density at radius 1 is 1.43 bits per heavy atom. The minimum atomic E-state index is 0.0741. The van der Waals surface area contributed by atoms with Crippen molar-refractivity contribution >= 4 is 17.5 Å². The third kappa shape index (κ3) is 3.16. The summed E-state index contributed by atoms with van der Waals surface area (Å²) in [6.45, 7) is 9.90. The largest absolute Gasteiger partial charge is 0.341 e. The number of hydrogen-bond donors (Lipinski definition) is 0. The fourth-order valence-electron chi connectivity index (χ4n) is 1.70. The van der Waals surface area contributed by atoms with E-state index in [0.717, 1.165) is 13.1 Å². The molecule has 2 atom stereocenters. The van der Waals surface area contributed by atoms with Gasteiger partial charge >= 0.3 is 0 Å². The molecule has 0 aromatic rings. The number of amides is 1. The van der Waals surface area contributed by atoms with Crippen LogP contribution in [0.25, 0.3) is 0 Å². The average molecular weight is 218 g/mol. The van der Waals surface area contributed by atoms with Crippen molar-refractivity contribution in [2.75, 3.05) is 13.1 Å². The molecule has 1 amide bonds. The number of hydrogen-bond acceptors (Lipinski definition) is 1. The van der Waals surface area contributed by atoms with Gasteiger partial charge in [0.25, 0.3) is 0 Å². The van der Waals surface area contributed by atoms with Gasteiger partial charge in [0.1, 0.15) is 0 Å². The van der Waals surface area contributed by atoms with Gasteiger partial charge in [0.15, 0.2) is 0 Å². The molecule has 2 unspecified atom stereocenters. The van der Waals surface area contributed by atoms with E-state index in [1.165, 1.54) is 0 Å². The molecule has 0 N–H and O–H groups in total. The van der Waals surface area contributed by atoms with Crippen LogP contribution in [0.4, 0.5) is 0 Å². The molecule has 0 bridgehead atoms. The van der Waals surface area contributed by atoms with Crippen LogP contribution in [-0.2, 0) is 4.79 Å². The van der Waals surface area contributed by atoms with Crippen molar-refractivity contribution in [3.8, 4) is 0 Å². The van der Waals surface area contributed by atoms with Crippen LogP contribution in [0.15, 0.2) is 0 Å². The van der Waals surface area contributed by atoms with E-state index in [0.29, 0.717) is 12.3 Å². The van der Waals surface area contributed by atoms with Gasteiger partial charge in [-0.3, -0.25) is 4.79 Å². The predicted octanol–water partition coefficient (Wildman–Crippen LogP) is 2.51. The first kappa shape index (κ1) is 11.8. The molecule has 1 heterocycles. The van der Waals surface area contributed by atoms with Crippen LogP contribution in [0.3, 0.4) is 0 Å². The molecule has 82 valence electrons. The molecule has 0 aliphatic carbocycles. The predicted molar refractivity (Wildman–Crippen MR) is 59.5 cm³/mol. The van der Waals surface area contributed by atoms with Crippen LogP contribution in [0, 0.1) is 11.3 Å². The van der Waals surface area contributed by atoms with Crippen LogP contribution < -0.4 is 0 Å². The highest BCUT2D eigenvalue weighted by molar-refractivity contribution is 6.21. The molecule has 2 nitrogen and oxygen atoms in total.